The molecule has 1 saturated heterocycles. The lowest BCUT2D eigenvalue weighted by Crippen LogP contribution is -2.20. The van der Waals surface area contributed by atoms with E-state index < -0.39 is 14.9 Å². The first-order valence-electron chi connectivity index (χ1n) is 8.86. The highest BCUT2D eigenvalue weighted by Gasteiger charge is 2.20. The van der Waals surface area contributed by atoms with Crippen molar-refractivity contribution >= 4 is 33.1 Å². The molecule has 0 spiro atoms. The summed E-state index contributed by atoms with van der Waals surface area (Å²) in [4.78, 5) is 24.0. The fourth-order valence-corrected chi connectivity index (χ4v) is 3.91. The molecule has 11 nitrogen and oxygen atoms in total. The van der Waals surface area contributed by atoms with Crippen LogP contribution in [0.4, 0.5) is 11.4 Å². The van der Waals surface area contributed by atoms with Crippen LogP contribution in [0.15, 0.2) is 46.0 Å². The number of nitrogens with one attached hydrogen (secondary N) is 1. The molecule has 12 heteroatoms. The van der Waals surface area contributed by atoms with Gasteiger partial charge in [0.1, 0.15) is 18.2 Å². The molecule has 1 fully saturated rings. The number of hydrogen-bond donors (Lipinski definition) is 1. The summed E-state index contributed by atoms with van der Waals surface area (Å²) in [7, 11) is -2.00. The summed E-state index contributed by atoms with van der Waals surface area (Å²) in [5, 5.41) is 17.1. The lowest BCUT2D eigenvalue weighted by molar-refractivity contribution is -0.385. The Morgan fingerprint density at radius 3 is 2.66 bits per heavy atom. The lowest BCUT2D eigenvalue weighted by atomic mass is 10.3. The van der Waals surface area contributed by atoms with Crippen LogP contribution in [-0.2, 0) is 21.4 Å². The Bertz CT molecular complexity index is 1040. The largest absolute Gasteiger partial charge is 0.362 e. The third-order valence-electron chi connectivity index (χ3n) is 4.39. The summed E-state index contributed by atoms with van der Waals surface area (Å²) in [5.74, 6) is 0.216. The van der Waals surface area contributed by atoms with E-state index in [-0.39, 0.29) is 29.5 Å². The van der Waals surface area contributed by atoms with Gasteiger partial charge in [-0.1, -0.05) is 0 Å². The summed E-state index contributed by atoms with van der Waals surface area (Å²) in [6, 6.07) is 5.76. The average molecular weight is 420 g/mol. The van der Waals surface area contributed by atoms with Crippen molar-refractivity contribution in [3.8, 4) is 0 Å². The van der Waals surface area contributed by atoms with Crippen LogP contribution in [0.3, 0.4) is 0 Å². The minimum absolute atomic E-state index is 0.0483. The normalized spacial score (nSPS) is 15.6. The Hall–Kier alpha value is -3.28. The van der Waals surface area contributed by atoms with E-state index >= 15 is 0 Å². The van der Waals surface area contributed by atoms with Gasteiger partial charge in [-0.25, -0.2) is 0 Å². The molecule has 0 radical (unpaired) electrons. The average Bonchev–Trinajstić information content (AvgIpc) is 3.30. The maximum atomic E-state index is 12.4. The Balaban J connectivity index is 1.58. The van der Waals surface area contributed by atoms with Crippen molar-refractivity contribution in [2.24, 2.45) is 4.40 Å². The van der Waals surface area contributed by atoms with Gasteiger partial charge in [-0.15, -0.1) is 4.40 Å². The molecule has 29 heavy (non-hydrogen) atoms. The number of amidine groups is 1. The number of amides is 1. The number of likely N-dealkylation sites (tertiary alicyclic amines) is 1. The molecule has 0 saturated carbocycles. The van der Waals surface area contributed by atoms with Crippen LogP contribution in [0.2, 0.25) is 0 Å². The number of anilines is 1. The maximum Gasteiger partial charge on any atom is 0.306 e. The molecule has 1 aromatic carbocycles. The molecule has 1 aliphatic rings. The van der Waals surface area contributed by atoms with Gasteiger partial charge in [0.05, 0.1) is 9.82 Å². The summed E-state index contributed by atoms with van der Waals surface area (Å²) in [5.41, 5.74) is 0.292. The van der Waals surface area contributed by atoms with E-state index in [0.717, 1.165) is 19.2 Å². The highest BCUT2D eigenvalue weighted by atomic mass is 32.2. The SMILES string of the molecule is CN1CCC/C1=N\S(=O)(=O)c1ccc(NC(=O)CCn2cc([N+](=O)[O-])cn2)cc1. The van der Waals surface area contributed by atoms with Crippen molar-refractivity contribution in [3.63, 3.8) is 0 Å². The van der Waals surface area contributed by atoms with E-state index in [1.165, 1.54) is 35.1 Å². The van der Waals surface area contributed by atoms with Crippen LogP contribution in [0.5, 0.6) is 0 Å². The molecule has 1 N–H and O–H groups in total. The van der Waals surface area contributed by atoms with Crippen LogP contribution in [-0.4, -0.2) is 53.4 Å². The summed E-state index contributed by atoms with van der Waals surface area (Å²) in [6.45, 7) is 0.961. The predicted molar refractivity (Wildman–Crippen MR) is 105 cm³/mol. The number of aromatic nitrogens is 2. The molecule has 0 bridgehead atoms. The van der Waals surface area contributed by atoms with Crippen LogP contribution < -0.4 is 5.32 Å². The first-order valence-corrected chi connectivity index (χ1v) is 10.3. The molecule has 2 aromatic rings. The van der Waals surface area contributed by atoms with E-state index in [4.69, 9.17) is 0 Å². The minimum atomic E-state index is -3.81. The van der Waals surface area contributed by atoms with Gasteiger partial charge in [0, 0.05) is 38.7 Å². The number of benzene rings is 1. The fraction of sp³-hybridized carbons (Fsp3) is 0.353. The van der Waals surface area contributed by atoms with Crippen molar-refractivity contribution in [1.82, 2.24) is 14.7 Å². The van der Waals surface area contributed by atoms with Crippen LogP contribution in [0.25, 0.3) is 0 Å². The van der Waals surface area contributed by atoms with Gasteiger partial charge in [0.25, 0.3) is 10.0 Å². The second-order valence-electron chi connectivity index (χ2n) is 6.55. The van der Waals surface area contributed by atoms with Gasteiger partial charge in [-0.3, -0.25) is 19.6 Å². The smallest absolute Gasteiger partial charge is 0.306 e. The highest BCUT2D eigenvalue weighted by molar-refractivity contribution is 7.90. The molecule has 3 rings (SSSR count). The molecular formula is C17H20N6O5S. The van der Waals surface area contributed by atoms with Crippen LogP contribution in [0.1, 0.15) is 19.3 Å². The van der Waals surface area contributed by atoms with Gasteiger partial charge in [0.15, 0.2) is 0 Å². The monoisotopic (exact) mass is 420 g/mol. The molecule has 1 aromatic heterocycles. The number of hydrogen-bond acceptors (Lipinski definition) is 6. The van der Waals surface area contributed by atoms with Gasteiger partial charge >= 0.3 is 5.69 Å². The molecular weight excluding hydrogens is 400 g/mol. The quantitative estimate of drug-likeness (QED) is 0.530. The van der Waals surface area contributed by atoms with E-state index in [1.54, 1.807) is 7.05 Å². The third kappa shape index (κ3) is 5.16. The second kappa shape index (κ2) is 8.39. The molecule has 1 amide bonds. The van der Waals surface area contributed by atoms with E-state index in [9.17, 15) is 23.3 Å². The zero-order valence-electron chi connectivity index (χ0n) is 15.7. The molecule has 0 unspecified atom stereocenters. The number of nitro groups is 1. The Morgan fingerprint density at radius 2 is 2.07 bits per heavy atom. The van der Waals surface area contributed by atoms with Crippen LogP contribution >= 0.6 is 0 Å². The van der Waals surface area contributed by atoms with Gasteiger partial charge < -0.3 is 10.2 Å². The summed E-state index contributed by atoms with van der Waals surface area (Å²) >= 11 is 0. The number of aryl methyl sites for hydroxylation is 1. The molecule has 0 atom stereocenters. The van der Waals surface area contributed by atoms with Crippen molar-refractivity contribution in [1.29, 1.82) is 0 Å². The van der Waals surface area contributed by atoms with E-state index in [1.807, 2.05) is 4.90 Å². The van der Waals surface area contributed by atoms with Gasteiger partial charge in [0.2, 0.25) is 5.91 Å². The zero-order chi connectivity index (χ0) is 21.0. The standard InChI is InChI=1S/C17H20N6O5S/c1-21-9-2-3-16(21)20-29(27,28)15-6-4-13(5-7-15)19-17(24)8-10-22-12-14(11-18-22)23(25)26/h4-7,11-12H,2-3,8-10H2,1H3,(H,19,24)/b20-16+. The fourth-order valence-electron chi connectivity index (χ4n) is 2.82. The van der Waals surface area contributed by atoms with E-state index in [0.29, 0.717) is 17.9 Å². The van der Waals surface area contributed by atoms with E-state index in [2.05, 4.69) is 14.8 Å². The van der Waals surface area contributed by atoms with Crippen molar-refractivity contribution < 1.29 is 18.1 Å². The van der Waals surface area contributed by atoms with Crippen molar-refractivity contribution in [3.05, 3.63) is 46.8 Å². The first-order chi connectivity index (χ1) is 13.7. The number of nitrogens with zero attached hydrogens (tertiary/aromatic N) is 5. The zero-order valence-corrected chi connectivity index (χ0v) is 16.5. The van der Waals surface area contributed by atoms with Gasteiger partial charge in [-0.05, 0) is 30.7 Å². The summed E-state index contributed by atoms with van der Waals surface area (Å²) < 4.78 is 30.0. The summed E-state index contributed by atoms with van der Waals surface area (Å²) in [6.07, 6.45) is 3.92. The van der Waals surface area contributed by atoms with Gasteiger partial charge in [-0.2, -0.15) is 13.5 Å². The lowest BCUT2D eigenvalue weighted by Gasteiger charge is -2.11. The topological polar surface area (TPSA) is 140 Å². The van der Waals surface area contributed by atoms with Crippen molar-refractivity contribution in [2.75, 3.05) is 18.9 Å². The molecule has 2 heterocycles. The first kappa shape index (κ1) is 20.5. The maximum absolute atomic E-state index is 12.4. The Morgan fingerprint density at radius 1 is 1.34 bits per heavy atom. The molecule has 1 aliphatic heterocycles. The molecule has 154 valence electrons. The number of rotatable bonds is 7. The predicted octanol–water partition coefficient (Wildman–Crippen LogP) is 1.63. The highest BCUT2D eigenvalue weighted by Crippen LogP contribution is 2.19. The number of carbonyl (C=O) groups excluding carboxylic acids is 1. The number of sulfonamides is 1. The van der Waals surface area contributed by atoms with Crippen molar-refractivity contribution in [2.45, 2.75) is 30.7 Å². The third-order valence-corrected chi connectivity index (χ3v) is 5.71. The second-order valence-corrected chi connectivity index (χ2v) is 8.15. The Labute approximate surface area is 167 Å². The Kier molecular flexibility index (Phi) is 5.92. The van der Waals surface area contributed by atoms with Crippen LogP contribution in [0, 0.1) is 10.1 Å². The molecule has 0 aliphatic carbocycles. The number of carbonyl (C=O) groups is 1. The minimum Gasteiger partial charge on any atom is -0.362 e.